The molecule has 0 aliphatic rings. The topological polar surface area (TPSA) is 37.8 Å². The van der Waals surface area contributed by atoms with E-state index in [-0.39, 0.29) is 11.4 Å². The molecular formula is C14H11F2N3S. The molecule has 3 nitrogen and oxygen atoms in total. The van der Waals surface area contributed by atoms with E-state index < -0.39 is 11.6 Å². The van der Waals surface area contributed by atoms with Gasteiger partial charge in [0.15, 0.2) is 5.82 Å². The third kappa shape index (κ3) is 2.12. The van der Waals surface area contributed by atoms with Crippen LogP contribution in [0, 0.1) is 18.6 Å². The summed E-state index contributed by atoms with van der Waals surface area (Å²) in [5, 5.41) is 3.89. The maximum absolute atomic E-state index is 13.8. The molecule has 102 valence electrons. The molecule has 0 saturated carbocycles. The fourth-order valence-electron chi connectivity index (χ4n) is 2.02. The highest BCUT2D eigenvalue weighted by Gasteiger charge is 2.14. The largest absolute Gasteiger partial charge is 0.372 e. The number of anilines is 1. The molecule has 6 heteroatoms. The van der Waals surface area contributed by atoms with Gasteiger partial charge in [0.1, 0.15) is 22.3 Å². The Kier molecular flexibility index (Phi) is 3.10. The molecule has 0 atom stereocenters. The third-order valence-electron chi connectivity index (χ3n) is 2.92. The van der Waals surface area contributed by atoms with Gasteiger partial charge in [0.2, 0.25) is 0 Å². The molecule has 0 bridgehead atoms. The fourth-order valence-corrected chi connectivity index (χ4v) is 2.90. The number of thiophene rings is 1. The molecule has 0 saturated heterocycles. The number of rotatable bonds is 2. The average Bonchev–Trinajstić information content (AvgIpc) is 2.77. The zero-order chi connectivity index (χ0) is 14.3. The van der Waals surface area contributed by atoms with E-state index in [1.54, 1.807) is 7.05 Å². The number of nitrogens with zero attached hydrogens (tertiary/aromatic N) is 2. The van der Waals surface area contributed by atoms with Crippen molar-refractivity contribution in [2.24, 2.45) is 0 Å². The van der Waals surface area contributed by atoms with Crippen molar-refractivity contribution in [3.63, 3.8) is 0 Å². The molecule has 0 amide bonds. The summed E-state index contributed by atoms with van der Waals surface area (Å²) in [6, 6.07) is 5.37. The molecule has 0 aliphatic carbocycles. The van der Waals surface area contributed by atoms with Gasteiger partial charge in [-0.25, -0.2) is 18.7 Å². The van der Waals surface area contributed by atoms with Crippen LogP contribution in [0.4, 0.5) is 14.6 Å². The smallest absolute Gasteiger partial charge is 0.166 e. The Bertz CT molecular complexity index is 798. The Morgan fingerprint density at radius 1 is 1.15 bits per heavy atom. The van der Waals surface area contributed by atoms with E-state index in [0.29, 0.717) is 5.82 Å². The predicted molar refractivity (Wildman–Crippen MR) is 77.1 cm³/mol. The Morgan fingerprint density at radius 2 is 1.95 bits per heavy atom. The van der Waals surface area contributed by atoms with Crippen molar-refractivity contribution in [2.45, 2.75) is 6.92 Å². The Morgan fingerprint density at radius 3 is 2.65 bits per heavy atom. The van der Waals surface area contributed by atoms with Crippen LogP contribution in [-0.2, 0) is 0 Å². The molecule has 2 aromatic heterocycles. The first-order valence-corrected chi connectivity index (χ1v) is 6.81. The van der Waals surface area contributed by atoms with Gasteiger partial charge in [0.05, 0.1) is 10.9 Å². The zero-order valence-electron chi connectivity index (χ0n) is 10.9. The molecule has 20 heavy (non-hydrogen) atoms. The van der Waals surface area contributed by atoms with Gasteiger partial charge in [-0.2, -0.15) is 0 Å². The number of nitrogens with one attached hydrogen (secondary N) is 1. The molecule has 0 spiro atoms. The minimum atomic E-state index is -0.667. The van der Waals surface area contributed by atoms with Gasteiger partial charge >= 0.3 is 0 Å². The van der Waals surface area contributed by atoms with E-state index >= 15 is 0 Å². The van der Waals surface area contributed by atoms with Crippen molar-refractivity contribution in [2.75, 3.05) is 12.4 Å². The Labute approximate surface area is 118 Å². The maximum Gasteiger partial charge on any atom is 0.166 e. The molecule has 1 aromatic carbocycles. The first-order chi connectivity index (χ1) is 9.58. The Balaban J connectivity index is 2.25. The predicted octanol–water partition coefficient (Wildman–Crippen LogP) is 3.99. The van der Waals surface area contributed by atoms with E-state index in [1.165, 1.54) is 23.5 Å². The molecule has 0 unspecified atom stereocenters. The lowest BCUT2D eigenvalue weighted by atomic mass is 10.2. The first-order valence-electron chi connectivity index (χ1n) is 6.00. The van der Waals surface area contributed by atoms with Crippen molar-refractivity contribution >= 4 is 27.4 Å². The highest BCUT2D eigenvalue weighted by Crippen LogP contribution is 2.31. The lowest BCUT2D eigenvalue weighted by Crippen LogP contribution is -1.98. The minimum absolute atomic E-state index is 0.191. The lowest BCUT2D eigenvalue weighted by Gasteiger charge is -2.06. The molecule has 0 radical (unpaired) electrons. The molecule has 0 aliphatic heterocycles. The fraction of sp³-hybridized carbons (Fsp3) is 0.143. The summed E-state index contributed by atoms with van der Waals surface area (Å²) in [7, 11) is 1.75. The van der Waals surface area contributed by atoms with E-state index in [0.717, 1.165) is 21.2 Å². The number of aromatic nitrogens is 2. The van der Waals surface area contributed by atoms with Crippen LogP contribution in [0.25, 0.3) is 21.6 Å². The van der Waals surface area contributed by atoms with Gasteiger partial charge in [-0.1, -0.05) is 0 Å². The van der Waals surface area contributed by atoms with Crippen molar-refractivity contribution in [3.8, 4) is 11.4 Å². The summed E-state index contributed by atoms with van der Waals surface area (Å²) in [6.07, 6.45) is 0. The summed E-state index contributed by atoms with van der Waals surface area (Å²) in [6.45, 7) is 1.98. The number of fused-ring (bicyclic) bond motifs is 1. The first kappa shape index (κ1) is 12.9. The second-order valence-corrected chi connectivity index (χ2v) is 5.58. The van der Waals surface area contributed by atoms with Crippen LogP contribution in [0.3, 0.4) is 0 Å². The highest BCUT2D eigenvalue weighted by atomic mass is 32.1. The van der Waals surface area contributed by atoms with Crippen LogP contribution in [0.2, 0.25) is 0 Å². The van der Waals surface area contributed by atoms with E-state index in [9.17, 15) is 8.78 Å². The van der Waals surface area contributed by atoms with Gasteiger partial charge in [-0.05, 0) is 25.1 Å². The number of hydrogen-bond donors (Lipinski definition) is 1. The number of aryl methyl sites for hydroxylation is 1. The normalized spacial score (nSPS) is 11.0. The van der Waals surface area contributed by atoms with Gasteiger partial charge in [-0.3, -0.25) is 0 Å². The number of hydrogen-bond acceptors (Lipinski definition) is 4. The number of halogens is 2. The SMILES string of the molecule is CNc1nc(-c2ccc(F)cc2F)nc2sc(C)cc12. The molecule has 3 rings (SSSR count). The van der Waals surface area contributed by atoms with Crippen LogP contribution in [0.15, 0.2) is 24.3 Å². The zero-order valence-corrected chi connectivity index (χ0v) is 11.7. The molecule has 2 heterocycles. The second-order valence-electron chi connectivity index (χ2n) is 4.35. The molecule has 1 N–H and O–H groups in total. The van der Waals surface area contributed by atoms with Gasteiger partial charge in [0.25, 0.3) is 0 Å². The maximum atomic E-state index is 13.8. The summed E-state index contributed by atoms with van der Waals surface area (Å²) < 4.78 is 26.8. The quantitative estimate of drug-likeness (QED) is 0.776. The average molecular weight is 291 g/mol. The lowest BCUT2D eigenvalue weighted by molar-refractivity contribution is 0.585. The Hall–Kier alpha value is -2.08. The van der Waals surface area contributed by atoms with Crippen molar-refractivity contribution in [3.05, 3.63) is 40.8 Å². The third-order valence-corrected chi connectivity index (χ3v) is 3.87. The van der Waals surface area contributed by atoms with Crippen LogP contribution in [0.1, 0.15) is 4.88 Å². The van der Waals surface area contributed by atoms with Crippen molar-refractivity contribution in [1.82, 2.24) is 9.97 Å². The summed E-state index contributed by atoms with van der Waals surface area (Å²) in [5.41, 5.74) is 0.191. The molecule has 3 aromatic rings. The van der Waals surface area contributed by atoms with Gasteiger partial charge < -0.3 is 5.32 Å². The highest BCUT2D eigenvalue weighted by molar-refractivity contribution is 7.18. The molecular weight excluding hydrogens is 280 g/mol. The minimum Gasteiger partial charge on any atom is -0.372 e. The number of benzene rings is 1. The van der Waals surface area contributed by atoms with Crippen LogP contribution in [0.5, 0.6) is 0 Å². The van der Waals surface area contributed by atoms with Crippen LogP contribution >= 0.6 is 11.3 Å². The summed E-state index contributed by atoms with van der Waals surface area (Å²) in [4.78, 5) is 10.6. The van der Waals surface area contributed by atoms with Crippen molar-refractivity contribution < 1.29 is 8.78 Å². The second kappa shape index (κ2) is 4.79. The van der Waals surface area contributed by atoms with Crippen LogP contribution < -0.4 is 5.32 Å². The molecule has 0 fully saturated rings. The summed E-state index contributed by atoms with van der Waals surface area (Å²) in [5.74, 6) is -0.396. The monoisotopic (exact) mass is 291 g/mol. The summed E-state index contributed by atoms with van der Waals surface area (Å²) >= 11 is 1.51. The van der Waals surface area contributed by atoms with E-state index in [1.807, 2.05) is 13.0 Å². The van der Waals surface area contributed by atoms with Gasteiger partial charge in [0, 0.05) is 18.0 Å². The van der Waals surface area contributed by atoms with Crippen molar-refractivity contribution in [1.29, 1.82) is 0 Å². The van der Waals surface area contributed by atoms with Gasteiger partial charge in [-0.15, -0.1) is 11.3 Å². The van der Waals surface area contributed by atoms with E-state index in [2.05, 4.69) is 15.3 Å². The van der Waals surface area contributed by atoms with Crippen LogP contribution in [-0.4, -0.2) is 17.0 Å². The standard InChI is InChI=1S/C14H11F2N3S/c1-7-5-10-12(17-2)18-13(19-14(10)20-7)9-4-3-8(15)6-11(9)16/h3-6H,1-2H3,(H,17,18,19). The van der Waals surface area contributed by atoms with E-state index in [4.69, 9.17) is 0 Å².